The zero-order valence-electron chi connectivity index (χ0n) is 16.6. The molecule has 0 aliphatic heterocycles. The minimum absolute atomic E-state index is 0.226. The van der Waals surface area contributed by atoms with Crippen LogP contribution in [0.4, 0.5) is 5.69 Å². The Bertz CT molecular complexity index is 1100. The van der Waals surface area contributed by atoms with E-state index >= 15 is 0 Å². The number of carbonyl (C=O) groups excluding carboxylic acids is 3. The largest absolute Gasteiger partial charge is 0.462 e. The molecule has 0 bridgehead atoms. The Morgan fingerprint density at radius 1 is 0.833 bits per heavy atom. The molecule has 0 atom stereocenters. The quantitative estimate of drug-likeness (QED) is 0.447. The molecule has 0 saturated heterocycles. The SMILES string of the molecule is Cc1ccc(C=CC(=O)NNC(=O)c2ccc(NC(=O)c3ccccc3C)cc2)o1. The van der Waals surface area contributed by atoms with Crippen LogP contribution in [0.2, 0.25) is 0 Å². The van der Waals surface area contributed by atoms with Crippen molar-refractivity contribution in [3.05, 3.63) is 95.0 Å². The van der Waals surface area contributed by atoms with Crippen LogP contribution in [0.15, 0.2) is 71.2 Å². The van der Waals surface area contributed by atoms with E-state index in [-0.39, 0.29) is 5.91 Å². The van der Waals surface area contributed by atoms with Gasteiger partial charge in [0.05, 0.1) is 0 Å². The molecule has 3 aromatic rings. The van der Waals surface area contributed by atoms with E-state index in [2.05, 4.69) is 16.2 Å². The van der Waals surface area contributed by atoms with E-state index in [0.29, 0.717) is 22.6 Å². The van der Waals surface area contributed by atoms with Crippen molar-refractivity contribution in [2.45, 2.75) is 13.8 Å². The predicted molar refractivity (Wildman–Crippen MR) is 114 cm³/mol. The maximum atomic E-state index is 12.3. The lowest BCUT2D eigenvalue weighted by molar-refractivity contribution is -0.117. The van der Waals surface area contributed by atoms with E-state index in [9.17, 15) is 14.4 Å². The molecule has 0 saturated carbocycles. The third-order valence-electron chi connectivity index (χ3n) is 4.25. The van der Waals surface area contributed by atoms with Crippen molar-refractivity contribution in [2.75, 3.05) is 5.32 Å². The van der Waals surface area contributed by atoms with Gasteiger partial charge in [-0.05, 0) is 68.0 Å². The predicted octanol–water partition coefficient (Wildman–Crippen LogP) is 3.62. The zero-order valence-corrected chi connectivity index (χ0v) is 16.6. The maximum Gasteiger partial charge on any atom is 0.269 e. The molecule has 3 amide bonds. The van der Waals surface area contributed by atoms with Crippen molar-refractivity contribution in [1.82, 2.24) is 10.9 Å². The third kappa shape index (κ3) is 5.45. The second-order valence-electron chi connectivity index (χ2n) is 6.57. The first-order valence-corrected chi connectivity index (χ1v) is 9.24. The van der Waals surface area contributed by atoms with Crippen molar-refractivity contribution in [3.8, 4) is 0 Å². The van der Waals surface area contributed by atoms with Gasteiger partial charge < -0.3 is 9.73 Å². The smallest absolute Gasteiger partial charge is 0.269 e. The Morgan fingerprint density at radius 3 is 2.23 bits per heavy atom. The topological polar surface area (TPSA) is 100 Å². The maximum absolute atomic E-state index is 12.3. The first kappa shape index (κ1) is 20.6. The number of carbonyl (C=O) groups is 3. The fraction of sp³-hybridized carbons (Fsp3) is 0.0870. The van der Waals surface area contributed by atoms with Gasteiger partial charge in [0.2, 0.25) is 0 Å². The van der Waals surface area contributed by atoms with Crippen LogP contribution in [0, 0.1) is 13.8 Å². The monoisotopic (exact) mass is 403 g/mol. The van der Waals surface area contributed by atoms with Crippen LogP contribution in [-0.2, 0) is 4.79 Å². The van der Waals surface area contributed by atoms with E-state index < -0.39 is 11.8 Å². The van der Waals surface area contributed by atoms with Crippen LogP contribution >= 0.6 is 0 Å². The second-order valence-corrected chi connectivity index (χ2v) is 6.57. The number of amides is 3. The molecule has 7 heteroatoms. The number of furan rings is 1. The van der Waals surface area contributed by atoms with Crippen molar-refractivity contribution in [2.24, 2.45) is 0 Å². The highest BCUT2D eigenvalue weighted by Crippen LogP contribution is 2.13. The Kier molecular flexibility index (Phi) is 6.44. The molecule has 0 fully saturated rings. The molecule has 3 rings (SSSR count). The number of aryl methyl sites for hydroxylation is 2. The Labute approximate surface area is 173 Å². The molecule has 7 nitrogen and oxygen atoms in total. The minimum Gasteiger partial charge on any atom is -0.462 e. The highest BCUT2D eigenvalue weighted by molar-refractivity contribution is 6.05. The van der Waals surface area contributed by atoms with E-state index in [1.165, 1.54) is 12.2 Å². The summed E-state index contributed by atoms with van der Waals surface area (Å²) < 4.78 is 5.32. The van der Waals surface area contributed by atoms with Gasteiger partial charge in [0.1, 0.15) is 11.5 Å². The summed E-state index contributed by atoms with van der Waals surface area (Å²) in [5.74, 6) is 0.0669. The Morgan fingerprint density at radius 2 is 1.57 bits per heavy atom. The number of rotatable bonds is 5. The van der Waals surface area contributed by atoms with Crippen LogP contribution < -0.4 is 16.2 Å². The molecule has 0 radical (unpaired) electrons. The molecule has 152 valence electrons. The van der Waals surface area contributed by atoms with Gasteiger partial charge in [-0.2, -0.15) is 0 Å². The number of benzene rings is 2. The molecule has 0 aliphatic carbocycles. The van der Waals surface area contributed by atoms with Gasteiger partial charge in [-0.25, -0.2) is 0 Å². The molecule has 3 N–H and O–H groups in total. The molecule has 0 unspecified atom stereocenters. The van der Waals surface area contributed by atoms with E-state index in [4.69, 9.17) is 4.42 Å². The third-order valence-corrected chi connectivity index (χ3v) is 4.25. The minimum atomic E-state index is -0.500. The van der Waals surface area contributed by atoms with Crippen LogP contribution in [0.25, 0.3) is 6.08 Å². The molecule has 30 heavy (non-hydrogen) atoms. The van der Waals surface area contributed by atoms with Crippen LogP contribution in [0.3, 0.4) is 0 Å². The number of nitrogens with one attached hydrogen (secondary N) is 3. The lowest BCUT2D eigenvalue weighted by Gasteiger charge is -2.09. The molecular formula is C23H21N3O4. The summed E-state index contributed by atoms with van der Waals surface area (Å²) in [6.07, 6.45) is 2.75. The number of hydrazine groups is 1. The van der Waals surface area contributed by atoms with Crippen LogP contribution in [-0.4, -0.2) is 17.7 Å². The second kappa shape index (κ2) is 9.38. The summed E-state index contributed by atoms with van der Waals surface area (Å²) >= 11 is 0. The molecule has 0 spiro atoms. The number of hydrogen-bond acceptors (Lipinski definition) is 4. The number of anilines is 1. The average Bonchev–Trinajstić information content (AvgIpc) is 3.16. The van der Waals surface area contributed by atoms with Gasteiger partial charge in [0.15, 0.2) is 0 Å². The van der Waals surface area contributed by atoms with E-state index in [1.54, 1.807) is 55.5 Å². The molecule has 0 aliphatic rings. The molecule has 1 heterocycles. The highest BCUT2D eigenvalue weighted by atomic mass is 16.3. The first-order valence-electron chi connectivity index (χ1n) is 9.24. The fourth-order valence-corrected chi connectivity index (χ4v) is 2.66. The lowest BCUT2D eigenvalue weighted by Crippen LogP contribution is -2.40. The van der Waals surface area contributed by atoms with Crippen LogP contribution in [0.1, 0.15) is 37.8 Å². The van der Waals surface area contributed by atoms with Crippen molar-refractivity contribution in [1.29, 1.82) is 0 Å². The Hall–Kier alpha value is -4.13. The van der Waals surface area contributed by atoms with Gasteiger partial charge in [-0.1, -0.05) is 18.2 Å². The van der Waals surface area contributed by atoms with E-state index in [1.807, 2.05) is 19.1 Å². The van der Waals surface area contributed by atoms with Gasteiger partial charge in [-0.15, -0.1) is 0 Å². The summed E-state index contributed by atoms with van der Waals surface area (Å²) in [5.41, 5.74) is 6.96. The van der Waals surface area contributed by atoms with Crippen molar-refractivity contribution in [3.63, 3.8) is 0 Å². The summed E-state index contributed by atoms with van der Waals surface area (Å²) in [4.78, 5) is 36.3. The highest BCUT2D eigenvalue weighted by Gasteiger charge is 2.10. The first-order chi connectivity index (χ1) is 14.4. The van der Waals surface area contributed by atoms with Gasteiger partial charge in [0, 0.05) is 22.9 Å². The number of hydrogen-bond donors (Lipinski definition) is 3. The normalized spacial score (nSPS) is 10.6. The fourth-order valence-electron chi connectivity index (χ4n) is 2.66. The van der Waals surface area contributed by atoms with Crippen molar-refractivity contribution >= 4 is 29.5 Å². The summed E-state index contributed by atoms with van der Waals surface area (Å²) in [6.45, 7) is 3.67. The lowest BCUT2D eigenvalue weighted by atomic mass is 10.1. The van der Waals surface area contributed by atoms with Gasteiger partial charge >= 0.3 is 0 Å². The molecular weight excluding hydrogens is 382 g/mol. The zero-order chi connectivity index (χ0) is 21.5. The van der Waals surface area contributed by atoms with Gasteiger partial charge in [-0.3, -0.25) is 25.2 Å². The summed E-state index contributed by atoms with van der Waals surface area (Å²) in [6, 6.07) is 17.1. The van der Waals surface area contributed by atoms with E-state index in [0.717, 1.165) is 11.3 Å². The average molecular weight is 403 g/mol. The Balaban J connectivity index is 1.52. The summed E-state index contributed by atoms with van der Waals surface area (Å²) in [5, 5.41) is 2.79. The molecule has 1 aromatic heterocycles. The van der Waals surface area contributed by atoms with Crippen LogP contribution in [0.5, 0.6) is 0 Å². The standard InChI is InChI=1S/C23H21N3O4/c1-15-5-3-4-6-20(15)23(29)24-18-10-8-17(9-11-18)22(28)26-25-21(27)14-13-19-12-7-16(2)30-19/h3-14H,1-2H3,(H,24,29)(H,25,27)(H,26,28). The molecule has 2 aromatic carbocycles. The van der Waals surface area contributed by atoms with Gasteiger partial charge in [0.25, 0.3) is 17.7 Å². The van der Waals surface area contributed by atoms with Crippen molar-refractivity contribution < 1.29 is 18.8 Å². The summed E-state index contributed by atoms with van der Waals surface area (Å²) in [7, 11) is 0.